The van der Waals surface area contributed by atoms with Gasteiger partial charge in [-0.15, -0.1) is 0 Å². The van der Waals surface area contributed by atoms with Gasteiger partial charge in [0.25, 0.3) is 0 Å². The molecular weight excluding hydrogens is 298 g/mol. The molecule has 2 aliphatic rings. The Balaban J connectivity index is 1.59. The fraction of sp³-hybridized carbons (Fsp3) is 0.952. The van der Waals surface area contributed by atoms with Gasteiger partial charge in [-0.2, -0.15) is 5.26 Å². The summed E-state index contributed by atoms with van der Waals surface area (Å²) in [6.07, 6.45) is 15.9. The molecule has 0 aromatic rings. The lowest BCUT2D eigenvalue weighted by Crippen LogP contribution is -2.31. The third-order valence-corrected chi connectivity index (χ3v) is 6.23. The van der Waals surface area contributed by atoms with Crippen LogP contribution >= 0.6 is 0 Å². The largest absolute Gasteiger partial charge is 0.352 e. The zero-order chi connectivity index (χ0) is 17.3. The zero-order valence-corrected chi connectivity index (χ0v) is 15.9. The van der Waals surface area contributed by atoms with Crippen LogP contribution in [0.1, 0.15) is 97.3 Å². The van der Waals surface area contributed by atoms with Crippen LogP contribution in [-0.2, 0) is 9.47 Å². The smallest absolute Gasteiger partial charge is 0.147 e. The number of nitriles is 1. The second-order valence-electron chi connectivity index (χ2n) is 8.08. The Bertz CT molecular complexity index is 374. The molecule has 2 aliphatic carbocycles. The number of hydrogen-bond donors (Lipinski definition) is 0. The molecule has 0 saturated heterocycles. The highest BCUT2D eigenvalue weighted by Gasteiger charge is 2.35. The minimum absolute atomic E-state index is 0.0750. The molecule has 0 N–H and O–H groups in total. The number of ether oxygens (including phenoxy) is 2. The van der Waals surface area contributed by atoms with Crippen LogP contribution in [0.4, 0.5) is 0 Å². The van der Waals surface area contributed by atoms with Crippen LogP contribution in [-0.4, -0.2) is 19.0 Å². The lowest BCUT2D eigenvalue weighted by molar-refractivity contribution is -0.137. The molecule has 3 nitrogen and oxygen atoms in total. The molecule has 0 atom stereocenters. The van der Waals surface area contributed by atoms with Gasteiger partial charge < -0.3 is 9.47 Å². The molecule has 2 rings (SSSR count). The highest BCUT2D eigenvalue weighted by molar-refractivity contribution is 5.01. The lowest BCUT2D eigenvalue weighted by Gasteiger charge is -2.35. The van der Waals surface area contributed by atoms with Crippen molar-refractivity contribution in [1.82, 2.24) is 0 Å². The third kappa shape index (κ3) is 6.05. The summed E-state index contributed by atoms with van der Waals surface area (Å²) in [6, 6.07) is 2.61. The van der Waals surface area contributed by atoms with E-state index in [4.69, 9.17) is 9.47 Å². The van der Waals surface area contributed by atoms with Crippen LogP contribution in [0.2, 0.25) is 0 Å². The molecular formula is C21H37NO2. The van der Waals surface area contributed by atoms with Gasteiger partial charge >= 0.3 is 0 Å². The van der Waals surface area contributed by atoms with Gasteiger partial charge in [0, 0.05) is 0 Å². The van der Waals surface area contributed by atoms with Crippen molar-refractivity contribution in [2.75, 3.05) is 6.79 Å². The van der Waals surface area contributed by atoms with Gasteiger partial charge in [-0.25, -0.2) is 0 Å². The van der Waals surface area contributed by atoms with Crippen molar-refractivity contribution in [2.24, 2.45) is 11.3 Å². The monoisotopic (exact) mass is 335 g/mol. The SMILES string of the molecule is CCCCC1(C#N)CCC(OCOC2CCC(CCC)CC2)CC1. The average Bonchev–Trinajstić information content (AvgIpc) is 2.63. The summed E-state index contributed by atoms with van der Waals surface area (Å²) in [4.78, 5) is 0. The summed E-state index contributed by atoms with van der Waals surface area (Å²) in [7, 11) is 0. The first kappa shape index (κ1) is 19.7. The zero-order valence-electron chi connectivity index (χ0n) is 15.9. The Hall–Kier alpha value is -0.590. The van der Waals surface area contributed by atoms with Gasteiger partial charge in [0.05, 0.1) is 23.7 Å². The fourth-order valence-electron chi connectivity index (χ4n) is 4.47. The van der Waals surface area contributed by atoms with E-state index < -0.39 is 0 Å². The summed E-state index contributed by atoms with van der Waals surface area (Å²) >= 11 is 0. The molecule has 24 heavy (non-hydrogen) atoms. The van der Waals surface area contributed by atoms with Crippen LogP contribution in [0.3, 0.4) is 0 Å². The average molecular weight is 336 g/mol. The molecule has 0 aliphatic heterocycles. The Morgan fingerprint density at radius 3 is 2.08 bits per heavy atom. The van der Waals surface area contributed by atoms with Crippen LogP contribution in [0, 0.1) is 22.7 Å². The van der Waals surface area contributed by atoms with Crippen molar-refractivity contribution >= 4 is 0 Å². The van der Waals surface area contributed by atoms with Crippen LogP contribution in [0.25, 0.3) is 0 Å². The molecule has 0 aromatic carbocycles. The van der Waals surface area contributed by atoms with Crippen molar-refractivity contribution in [3.63, 3.8) is 0 Å². The van der Waals surface area contributed by atoms with E-state index in [0.29, 0.717) is 19.0 Å². The predicted molar refractivity (Wildman–Crippen MR) is 97.5 cm³/mol. The molecule has 3 heteroatoms. The fourth-order valence-corrected chi connectivity index (χ4v) is 4.47. The summed E-state index contributed by atoms with van der Waals surface area (Å²) in [5.41, 5.74) is -0.0750. The van der Waals surface area contributed by atoms with E-state index in [2.05, 4.69) is 19.9 Å². The van der Waals surface area contributed by atoms with Gasteiger partial charge in [-0.3, -0.25) is 0 Å². The maximum Gasteiger partial charge on any atom is 0.147 e. The maximum atomic E-state index is 9.54. The topological polar surface area (TPSA) is 42.2 Å². The maximum absolute atomic E-state index is 9.54. The predicted octanol–water partition coefficient (Wildman–Crippen LogP) is 5.98. The molecule has 2 fully saturated rings. The first-order valence-corrected chi connectivity index (χ1v) is 10.4. The quantitative estimate of drug-likeness (QED) is 0.487. The van der Waals surface area contributed by atoms with E-state index in [-0.39, 0.29) is 5.41 Å². The molecule has 0 spiro atoms. The van der Waals surface area contributed by atoms with E-state index in [1.165, 1.54) is 51.4 Å². The molecule has 2 saturated carbocycles. The second-order valence-corrected chi connectivity index (χ2v) is 8.08. The van der Waals surface area contributed by atoms with Crippen molar-refractivity contribution in [3.05, 3.63) is 0 Å². The lowest BCUT2D eigenvalue weighted by atomic mass is 9.71. The van der Waals surface area contributed by atoms with Gasteiger partial charge in [0.1, 0.15) is 6.79 Å². The molecule has 138 valence electrons. The van der Waals surface area contributed by atoms with Crippen LogP contribution in [0.15, 0.2) is 0 Å². The van der Waals surface area contributed by atoms with Crippen molar-refractivity contribution in [2.45, 2.75) is 110 Å². The number of nitrogens with zero attached hydrogens (tertiary/aromatic N) is 1. The highest BCUT2D eigenvalue weighted by Crippen LogP contribution is 2.41. The minimum atomic E-state index is -0.0750. The summed E-state index contributed by atoms with van der Waals surface area (Å²) < 4.78 is 11.9. The van der Waals surface area contributed by atoms with E-state index in [1.807, 2.05) is 0 Å². The Morgan fingerprint density at radius 2 is 1.54 bits per heavy atom. The van der Waals surface area contributed by atoms with Crippen molar-refractivity contribution in [1.29, 1.82) is 5.26 Å². The first-order chi connectivity index (χ1) is 11.7. The molecule has 0 radical (unpaired) electrons. The van der Waals surface area contributed by atoms with E-state index in [9.17, 15) is 5.26 Å². The van der Waals surface area contributed by atoms with Gasteiger partial charge in [0.15, 0.2) is 0 Å². The van der Waals surface area contributed by atoms with Gasteiger partial charge in [-0.1, -0.05) is 39.5 Å². The summed E-state index contributed by atoms with van der Waals surface area (Å²) in [6.45, 7) is 4.93. The summed E-state index contributed by atoms with van der Waals surface area (Å²) in [5, 5.41) is 9.54. The molecule has 0 heterocycles. The Labute approximate surface area is 149 Å². The molecule has 0 bridgehead atoms. The highest BCUT2D eigenvalue weighted by atomic mass is 16.7. The molecule has 0 amide bonds. The first-order valence-electron chi connectivity index (χ1n) is 10.4. The number of unbranched alkanes of at least 4 members (excludes halogenated alkanes) is 1. The van der Waals surface area contributed by atoms with Crippen molar-refractivity contribution < 1.29 is 9.47 Å². The Kier molecular flexibility index (Phi) is 8.56. The van der Waals surface area contributed by atoms with Crippen LogP contribution in [0.5, 0.6) is 0 Å². The standard InChI is InChI=1S/C21H37NO2/c1-3-5-13-21(16-22)14-11-20(12-15-21)24-17-23-19-9-7-18(6-4-2)8-10-19/h18-20H,3-15,17H2,1-2H3. The Morgan fingerprint density at radius 1 is 0.917 bits per heavy atom. The number of hydrogen-bond acceptors (Lipinski definition) is 3. The molecule has 0 unspecified atom stereocenters. The normalized spacial score (nSPS) is 34.0. The van der Waals surface area contributed by atoms with Crippen LogP contribution < -0.4 is 0 Å². The van der Waals surface area contributed by atoms with E-state index >= 15 is 0 Å². The summed E-state index contributed by atoms with van der Waals surface area (Å²) in [5.74, 6) is 0.927. The van der Waals surface area contributed by atoms with Gasteiger partial charge in [-0.05, 0) is 63.7 Å². The minimum Gasteiger partial charge on any atom is -0.352 e. The number of rotatable bonds is 9. The van der Waals surface area contributed by atoms with E-state index in [0.717, 1.165) is 38.0 Å². The third-order valence-electron chi connectivity index (χ3n) is 6.23. The van der Waals surface area contributed by atoms with E-state index in [1.54, 1.807) is 0 Å². The van der Waals surface area contributed by atoms with Crippen molar-refractivity contribution in [3.8, 4) is 6.07 Å². The molecule has 0 aromatic heterocycles. The van der Waals surface area contributed by atoms with Gasteiger partial charge in [0.2, 0.25) is 0 Å². The second kappa shape index (κ2) is 10.4.